The second-order valence-corrected chi connectivity index (χ2v) is 6.05. The third-order valence-electron chi connectivity index (χ3n) is 3.89. The summed E-state index contributed by atoms with van der Waals surface area (Å²) in [4.78, 5) is 0. The van der Waals surface area contributed by atoms with Gasteiger partial charge in [-0.3, -0.25) is 0 Å². The molecule has 0 radical (unpaired) electrons. The first-order chi connectivity index (χ1) is 11.1. The van der Waals surface area contributed by atoms with Crippen LogP contribution >= 0.6 is 11.6 Å². The van der Waals surface area contributed by atoms with E-state index in [1.807, 2.05) is 26.0 Å². The molecule has 23 heavy (non-hydrogen) atoms. The Hall–Kier alpha value is -2.19. The van der Waals surface area contributed by atoms with Crippen molar-refractivity contribution in [2.75, 3.05) is 18.5 Å². The van der Waals surface area contributed by atoms with Crippen LogP contribution in [0.2, 0.25) is 5.02 Å². The predicted octanol–water partition coefficient (Wildman–Crippen LogP) is 5.60. The maximum atomic E-state index is 6.18. The van der Waals surface area contributed by atoms with E-state index < -0.39 is 0 Å². The Balaban J connectivity index is 1.61. The van der Waals surface area contributed by atoms with Crippen molar-refractivity contribution < 1.29 is 4.74 Å². The maximum absolute atomic E-state index is 6.18. The van der Waals surface area contributed by atoms with Gasteiger partial charge in [0.25, 0.3) is 0 Å². The van der Waals surface area contributed by atoms with Gasteiger partial charge in [0.15, 0.2) is 0 Å². The number of hydrogen-bond acceptors (Lipinski definition) is 2. The van der Waals surface area contributed by atoms with Gasteiger partial charge >= 0.3 is 0 Å². The molecule has 0 atom stereocenters. The zero-order chi connectivity index (χ0) is 16.2. The number of nitrogens with one attached hydrogen (secondary N) is 1. The summed E-state index contributed by atoms with van der Waals surface area (Å²) in [5.74, 6) is 0.865. The van der Waals surface area contributed by atoms with Crippen LogP contribution in [-0.2, 0) is 0 Å². The molecule has 3 aromatic rings. The van der Waals surface area contributed by atoms with Crippen LogP contribution in [0.25, 0.3) is 10.8 Å². The summed E-state index contributed by atoms with van der Waals surface area (Å²) in [5.41, 5.74) is 3.22. The van der Waals surface area contributed by atoms with Gasteiger partial charge in [-0.15, -0.1) is 0 Å². The third kappa shape index (κ3) is 3.59. The fourth-order valence-electron chi connectivity index (χ4n) is 2.72. The topological polar surface area (TPSA) is 21.3 Å². The Morgan fingerprint density at radius 2 is 1.65 bits per heavy atom. The SMILES string of the molecule is Cc1cc(OCCNc2cccc3ccccc23)cc(C)c1Cl. The van der Waals surface area contributed by atoms with Crippen molar-refractivity contribution in [3.8, 4) is 5.75 Å². The third-order valence-corrected chi connectivity index (χ3v) is 4.48. The highest BCUT2D eigenvalue weighted by molar-refractivity contribution is 6.32. The second kappa shape index (κ2) is 6.93. The lowest BCUT2D eigenvalue weighted by Gasteiger charge is -2.12. The average molecular weight is 326 g/mol. The molecule has 0 amide bonds. The molecule has 0 saturated heterocycles. The monoisotopic (exact) mass is 325 g/mol. The minimum absolute atomic E-state index is 0.601. The van der Waals surface area contributed by atoms with E-state index in [-0.39, 0.29) is 0 Å². The van der Waals surface area contributed by atoms with Gasteiger partial charge in [-0.1, -0.05) is 48.0 Å². The smallest absolute Gasteiger partial charge is 0.120 e. The van der Waals surface area contributed by atoms with Gasteiger partial charge in [0, 0.05) is 22.6 Å². The van der Waals surface area contributed by atoms with E-state index in [0.29, 0.717) is 6.61 Å². The minimum atomic E-state index is 0.601. The van der Waals surface area contributed by atoms with E-state index >= 15 is 0 Å². The molecule has 0 unspecified atom stereocenters. The van der Waals surface area contributed by atoms with Crippen molar-refractivity contribution in [1.82, 2.24) is 0 Å². The molecule has 2 nitrogen and oxygen atoms in total. The van der Waals surface area contributed by atoms with Crippen LogP contribution in [0.1, 0.15) is 11.1 Å². The molecule has 0 aliphatic rings. The standard InChI is InChI=1S/C20H20ClNO/c1-14-12-17(13-15(2)20(14)21)23-11-10-22-19-9-5-7-16-6-3-4-8-18(16)19/h3-9,12-13,22H,10-11H2,1-2H3. The second-order valence-electron chi connectivity index (χ2n) is 5.67. The van der Waals surface area contributed by atoms with Gasteiger partial charge in [-0.25, -0.2) is 0 Å². The lowest BCUT2D eigenvalue weighted by atomic mass is 10.1. The Bertz CT molecular complexity index is 800. The highest BCUT2D eigenvalue weighted by Crippen LogP contribution is 2.26. The van der Waals surface area contributed by atoms with E-state index in [4.69, 9.17) is 16.3 Å². The molecular weight excluding hydrogens is 306 g/mol. The normalized spacial score (nSPS) is 10.7. The fraction of sp³-hybridized carbons (Fsp3) is 0.200. The highest BCUT2D eigenvalue weighted by Gasteiger charge is 2.04. The first-order valence-corrected chi connectivity index (χ1v) is 8.14. The van der Waals surface area contributed by atoms with Gasteiger partial charge in [-0.05, 0) is 48.6 Å². The molecule has 118 valence electrons. The van der Waals surface area contributed by atoms with E-state index in [0.717, 1.165) is 34.1 Å². The van der Waals surface area contributed by atoms with Crippen LogP contribution in [0, 0.1) is 13.8 Å². The van der Waals surface area contributed by atoms with Gasteiger partial charge in [0.05, 0.1) is 0 Å². The number of fused-ring (bicyclic) bond motifs is 1. The number of benzene rings is 3. The zero-order valence-electron chi connectivity index (χ0n) is 13.4. The summed E-state index contributed by atoms with van der Waals surface area (Å²) < 4.78 is 5.84. The summed E-state index contributed by atoms with van der Waals surface area (Å²) in [6.45, 7) is 5.34. The van der Waals surface area contributed by atoms with Crippen molar-refractivity contribution in [1.29, 1.82) is 0 Å². The molecule has 3 heteroatoms. The number of halogens is 1. The predicted molar refractivity (Wildman–Crippen MR) is 98.9 cm³/mol. The number of hydrogen-bond donors (Lipinski definition) is 1. The van der Waals surface area contributed by atoms with Crippen LogP contribution in [0.4, 0.5) is 5.69 Å². The van der Waals surface area contributed by atoms with Gasteiger partial charge in [-0.2, -0.15) is 0 Å². The molecule has 3 rings (SSSR count). The van der Waals surface area contributed by atoms with E-state index in [1.54, 1.807) is 0 Å². The molecule has 0 spiro atoms. The number of ether oxygens (including phenoxy) is 1. The lowest BCUT2D eigenvalue weighted by molar-refractivity contribution is 0.332. The Morgan fingerprint density at radius 1 is 0.957 bits per heavy atom. The fourth-order valence-corrected chi connectivity index (χ4v) is 2.83. The van der Waals surface area contributed by atoms with Crippen molar-refractivity contribution in [3.05, 3.63) is 70.7 Å². The molecule has 0 saturated carbocycles. The quantitative estimate of drug-likeness (QED) is 0.616. The van der Waals surface area contributed by atoms with Crippen LogP contribution in [0.3, 0.4) is 0 Å². The number of rotatable bonds is 5. The number of aryl methyl sites for hydroxylation is 2. The maximum Gasteiger partial charge on any atom is 0.120 e. The molecule has 0 aromatic heterocycles. The molecule has 0 fully saturated rings. The van der Waals surface area contributed by atoms with Gasteiger partial charge in [0.2, 0.25) is 0 Å². The Morgan fingerprint density at radius 3 is 2.43 bits per heavy atom. The molecule has 0 heterocycles. The molecule has 3 aromatic carbocycles. The van der Waals surface area contributed by atoms with Crippen molar-refractivity contribution in [2.24, 2.45) is 0 Å². The van der Waals surface area contributed by atoms with Gasteiger partial charge < -0.3 is 10.1 Å². The zero-order valence-corrected chi connectivity index (χ0v) is 14.2. The minimum Gasteiger partial charge on any atom is -0.492 e. The largest absolute Gasteiger partial charge is 0.492 e. The highest BCUT2D eigenvalue weighted by atomic mass is 35.5. The summed E-state index contributed by atoms with van der Waals surface area (Å²) in [7, 11) is 0. The molecule has 0 bridgehead atoms. The van der Waals surface area contributed by atoms with Crippen molar-refractivity contribution >= 4 is 28.1 Å². The van der Waals surface area contributed by atoms with Gasteiger partial charge in [0.1, 0.15) is 12.4 Å². The molecular formula is C20H20ClNO. The average Bonchev–Trinajstić information content (AvgIpc) is 2.56. The van der Waals surface area contributed by atoms with Crippen LogP contribution in [0.5, 0.6) is 5.75 Å². The van der Waals surface area contributed by atoms with Crippen LogP contribution < -0.4 is 10.1 Å². The Kier molecular flexibility index (Phi) is 4.73. The summed E-state index contributed by atoms with van der Waals surface area (Å²) in [6.07, 6.45) is 0. The summed E-state index contributed by atoms with van der Waals surface area (Å²) in [5, 5.41) is 6.73. The first kappa shape index (κ1) is 15.7. The summed E-state index contributed by atoms with van der Waals surface area (Å²) in [6, 6.07) is 18.6. The summed E-state index contributed by atoms with van der Waals surface area (Å²) >= 11 is 6.18. The van der Waals surface area contributed by atoms with Crippen molar-refractivity contribution in [2.45, 2.75) is 13.8 Å². The Labute approximate surface area is 142 Å². The first-order valence-electron chi connectivity index (χ1n) is 7.76. The molecule has 0 aliphatic carbocycles. The van der Waals surface area contributed by atoms with E-state index in [1.165, 1.54) is 10.8 Å². The van der Waals surface area contributed by atoms with Crippen molar-refractivity contribution in [3.63, 3.8) is 0 Å². The molecule has 1 N–H and O–H groups in total. The van der Waals surface area contributed by atoms with Crippen LogP contribution in [-0.4, -0.2) is 13.2 Å². The number of anilines is 1. The van der Waals surface area contributed by atoms with E-state index in [9.17, 15) is 0 Å². The van der Waals surface area contributed by atoms with E-state index in [2.05, 4.69) is 47.8 Å². The van der Waals surface area contributed by atoms with Crippen LogP contribution in [0.15, 0.2) is 54.6 Å². The lowest BCUT2D eigenvalue weighted by Crippen LogP contribution is -2.11. The molecule has 0 aliphatic heterocycles.